The summed E-state index contributed by atoms with van der Waals surface area (Å²) >= 11 is 0. The van der Waals surface area contributed by atoms with Crippen LogP contribution in [0.1, 0.15) is 226 Å². The Morgan fingerprint density at radius 1 is 0.270 bits per heavy atom. The molecule has 0 aromatic carbocycles. The standard InChI is InChI=1S/C36H72O/c1-3-5-7-9-11-12-13-14-15-16-17-18-19-20-21-22-23-24-25-26-27-29-31-33-35-36(37)34-32-30-28-10-8-6-4-2/h3-35H2,1-2H3. The van der Waals surface area contributed by atoms with Gasteiger partial charge < -0.3 is 0 Å². The Bertz CT molecular complexity index is 415. The third-order valence-electron chi connectivity index (χ3n) is 8.37. The smallest absolute Gasteiger partial charge is 0.132 e. The molecular formula is C36H72O. The molecule has 1 heteroatoms. The lowest BCUT2D eigenvalue weighted by Crippen LogP contribution is -1.97. The molecule has 0 aliphatic heterocycles. The molecule has 0 atom stereocenters. The van der Waals surface area contributed by atoms with Crippen molar-refractivity contribution in [2.75, 3.05) is 0 Å². The number of Topliss-reactive ketones (excluding diaryl/α,β-unsaturated/α-hetero) is 1. The number of hydrogen-bond donors (Lipinski definition) is 0. The maximum absolute atomic E-state index is 12.0. The zero-order valence-electron chi connectivity index (χ0n) is 26.2. The van der Waals surface area contributed by atoms with E-state index in [0.717, 1.165) is 25.7 Å². The molecule has 0 fully saturated rings. The predicted molar refractivity (Wildman–Crippen MR) is 169 cm³/mol. The Labute approximate surface area is 236 Å². The summed E-state index contributed by atoms with van der Waals surface area (Å²) in [6, 6.07) is 0. The summed E-state index contributed by atoms with van der Waals surface area (Å²) in [7, 11) is 0. The fraction of sp³-hybridized carbons (Fsp3) is 0.972. The van der Waals surface area contributed by atoms with E-state index in [1.54, 1.807) is 0 Å². The van der Waals surface area contributed by atoms with Crippen molar-refractivity contribution in [3.8, 4) is 0 Å². The molecule has 0 radical (unpaired) electrons. The van der Waals surface area contributed by atoms with Crippen LogP contribution in [0.3, 0.4) is 0 Å². The summed E-state index contributed by atoms with van der Waals surface area (Å²) in [5, 5.41) is 0. The van der Waals surface area contributed by atoms with Gasteiger partial charge in [0.15, 0.2) is 0 Å². The first kappa shape index (κ1) is 36.7. The second-order valence-corrected chi connectivity index (χ2v) is 12.3. The van der Waals surface area contributed by atoms with Gasteiger partial charge in [-0.2, -0.15) is 0 Å². The molecule has 0 N–H and O–H groups in total. The predicted octanol–water partition coefficient (Wildman–Crippen LogP) is 13.5. The average molecular weight is 521 g/mol. The Kier molecular flexibility index (Phi) is 33.4. The van der Waals surface area contributed by atoms with Crippen molar-refractivity contribution >= 4 is 5.78 Å². The molecule has 1 nitrogen and oxygen atoms in total. The number of ketones is 1. The highest BCUT2D eigenvalue weighted by molar-refractivity contribution is 5.78. The highest BCUT2D eigenvalue weighted by Crippen LogP contribution is 2.16. The summed E-state index contributed by atoms with van der Waals surface area (Å²) < 4.78 is 0. The van der Waals surface area contributed by atoms with Crippen molar-refractivity contribution in [2.45, 2.75) is 226 Å². The maximum atomic E-state index is 12.0. The quantitative estimate of drug-likeness (QED) is 0.0786. The highest BCUT2D eigenvalue weighted by atomic mass is 16.1. The van der Waals surface area contributed by atoms with Gasteiger partial charge in [-0.05, 0) is 12.8 Å². The second kappa shape index (κ2) is 33.7. The van der Waals surface area contributed by atoms with E-state index in [2.05, 4.69) is 13.8 Å². The largest absolute Gasteiger partial charge is 0.300 e. The minimum absolute atomic E-state index is 0.521. The zero-order chi connectivity index (χ0) is 26.9. The minimum Gasteiger partial charge on any atom is -0.300 e. The van der Waals surface area contributed by atoms with E-state index in [9.17, 15) is 4.79 Å². The van der Waals surface area contributed by atoms with Gasteiger partial charge in [-0.25, -0.2) is 0 Å². The molecule has 0 aliphatic carbocycles. The maximum Gasteiger partial charge on any atom is 0.132 e. The monoisotopic (exact) mass is 521 g/mol. The molecule has 0 aliphatic rings. The van der Waals surface area contributed by atoms with E-state index in [1.807, 2.05) is 0 Å². The van der Waals surface area contributed by atoms with Crippen LogP contribution >= 0.6 is 0 Å². The van der Waals surface area contributed by atoms with Gasteiger partial charge in [0.2, 0.25) is 0 Å². The van der Waals surface area contributed by atoms with Gasteiger partial charge >= 0.3 is 0 Å². The lowest BCUT2D eigenvalue weighted by atomic mass is 10.0. The zero-order valence-corrected chi connectivity index (χ0v) is 26.2. The van der Waals surface area contributed by atoms with Gasteiger partial charge in [0.25, 0.3) is 0 Å². The van der Waals surface area contributed by atoms with Gasteiger partial charge in [-0.3, -0.25) is 4.79 Å². The van der Waals surface area contributed by atoms with E-state index in [1.165, 1.54) is 186 Å². The summed E-state index contributed by atoms with van der Waals surface area (Å²) in [5.41, 5.74) is 0. The first-order chi connectivity index (χ1) is 18.3. The fourth-order valence-electron chi connectivity index (χ4n) is 5.69. The molecule has 0 bridgehead atoms. The van der Waals surface area contributed by atoms with Crippen molar-refractivity contribution in [1.82, 2.24) is 0 Å². The minimum atomic E-state index is 0.521. The van der Waals surface area contributed by atoms with Gasteiger partial charge in [0.05, 0.1) is 0 Å². The van der Waals surface area contributed by atoms with Crippen molar-refractivity contribution in [3.63, 3.8) is 0 Å². The lowest BCUT2D eigenvalue weighted by Gasteiger charge is -2.04. The van der Waals surface area contributed by atoms with Crippen LogP contribution in [0.2, 0.25) is 0 Å². The van der Waals surface area contributed by atoms with Crippen LogP contribution in [0.15, 0.2) is 0 Å². The van der Waals surface area contributed by atoms with Crippen molar-refractivity contribution in [3.05, 3.63) is 0 Å². The molecule has 0 aromatic heterocycles. The van der Waals surface area contributed by atoms with Gasteiger partial charge in [0.1, 0.15) is 5.78 Å². The topological polar surface area (TPSA) is 17.1 Å². The molecule has 0 aromatic rings. The van der Waals surface area contributed by atoms with Crippen molar-refractivity contribution in [1.29, 1.82) is 0 Å². The van der Waals surface area contributed by atoms with Gasteiger partial charge in [0, 0.05) is 12.8 Å². The van der Waals surface area contributed by atoms with E-state index in [4.69, 9.17) is 0 Å². The first-order valence-electron chi connectivity index (χ1n) is 17.8. The SMILES string of the molecule is CCCCCCCCCCCCCCCCCCCCCCCCCCC(=O)CCCCCCCCC. The van der Waals surface area contributed by atoms with Crippen LogP contribution in [0.5, 0.6) is 0 Å². The van der Waals surface area contributed by atoms with E-state index in [0.29, 0.717) is 5.78 Å². The molecule has 0 unspecified atom stereocenters. The Morgan fingerprint density at radius 2 is 0.432 bits per heavy atom. The van der Waals surface area contributed by atoms with Crippen LogP contribution in [0.4, 0.5) is 0 Å². The lowest BCUT2D eigenvalue weighted by molar-refractivity contribution is -0.119. The number of carbonyl (C=O) groups excluding carboxylic acids is 1. The van der Waals surface area contributed by atoms with E-state index >= 15 is 0 Å². The normalized spacial score (nSPS) is 11.4. The van der Waals surface area contributed by atoms with Crippen molar-refractivity contribution < 1.29 is 4.79 Å². The van der Waals surface area contributed by atoms with E-state index < -0.39 is 0 Å². The van der Waals surface area contributed by atoms with Crippen LogP contribution in [0.25, 0.3) is 0 Å². The Hall–Kier alpha value is -0.330. The summed E-state index contributed by atoms with van der Waals surface area (Å²) in [6.07, 6.45) is 45.1. The molecule has 0 saturated heterocycles. The molecular weight excluding hydrogens is 448 g/mol. The van der Waals surface area contributed by atoms with Gasteiger partial charge in [-0.15, -0.1) is 0 Å². The van der Waals surface area contributed by atoms with Gasteiger partial charge in [-0.1, -0.05) is 200 Å². The van der Waals surface area contributed by atoms with Crippen LogP contribution in [-0.4, -0.2) is 5.78 Å². The number of hydrogen-bond acceptors (Lipinski definition) is 1. The molecule has 0 rings (SSSR count). The Balaban J connectivity index is 3.10. The van der Waals surface area contributed by atoms with Crippen LogP contribution in [-0.2, 0) is 4.79 Å². The average Bonchev–Trinajstić information content (AvgIpc) is 2.90. The first-order valence-corrected chi connectivity index (χ1v) is 17.8. The fourth-order valence-corrected chi connectivity index (χ4v) is 5.69. The Morgan fingerprint density at radius 3 is 0.622 bits per heavy atom. The second-order valence-electron chi connectivity index (χ2n) is 12.3. The van der Waals surface area contributed by atoms with Crippen LogP contribution < -0.4 is 0 Å². The summed E-state index contributed by atoms with van der Waals surface area (Å²) in [5.74, 6) is 0.521. The summed E-state index contributed by atoms with van der Waals surface area (Å²) in [6.45, 7) is 4.57. The highest BCUT2D eigenvalue weighted by Gasteiger charge is 2.02. The van der Waals surface area contributed by atoms with E-state index in [-0.39, 0.29) is 0 Å². The van der Waals surface area contributed by atoms with Crippen LogP contribution in [0, 0.1) is 0 Å². The summed E-state index contributed by atoms with van der Waals surface area (Å²) in [4.78, 5) is 12.0. The number of rotatable bonds is 33. The number of unbranched alkanes of at least 4 members (excludes halogenated alkanes) is 29. The third-order valence-corrected chi connectivity index (χ3v) is 8.37. The molecule has 0 heterocycles. The molecule has 222 valence electrons. The van der Waals surface area contributed by atoms with Crippen molar-refractivity contribution in [2.24, 2.45) is 0 Å². The molecule has 37 heavy (non-hydrogen) atoms. The molecule has 0 amide bonds. The molecule has 0 saturated carbocycles. The number of carbonyl (C=O) groups is 1. The molecule has 0 spiro atoms. The third kappa shape index (κ3) is 33.6.